The highest BCUT2D eigenvalue weighted by atomic mass is 19.1. The maximum absolute atomic E-state index is 13.6. The molecule has 1 aliphatic heterocycles. The summed E-state index contributed by atoms with van der Waals surface area (Å²) in [5, 5.41) is 0. The molecule has 0 spiro atoms. The van der Waals surface area contributed by atoms with Gasteiger partial charge in [-0.15, -0.1) is 0 Å². The van der Waals surface area contributed by atoms with Gasteiger partial charge in [0.15, 0.2) is 0 Å². The Morgan fingerprint density at radius 2 is 2.09 bits per heavy atom. The number of fused-ring (bicyclic) bond motifs is 1. The van der Waals surface area contributed by atoms with Crippen molar-refractivity contribution >= 4 is 5.91 Å². The summed E-state index contributed by atoms with van der Waals surface area (Å²) >= 11 is 0. The molecule has 0 atom stereocenters. The molecule has 0 saturated carbocycles. The highest BCUT2D eigenvalue weighted by molar-refractivity contribution is 5.97. The van der Waals surface area contributed by atoms with E-state index in [0.717, 1.165) is 17.5 Å². The van der Waals surface area contributed by atoms with E-state index >= 15 is 0 Å². The zero-order valence-corrected chi connectivity index (χ0v) is 12.7. The predicted molar refractivity (Wildman–Crippen MR) is 82.6 cm³/mol. The van der Waals surface area contributed by atoms with E-state index in [0.29, 0.717) is 23.4 Å². The van der Waals surface area contributed by atoms with Crippen LogP contribution in [0, 0.1) is 12.7 Å². The molecule has 114 valence electrons. The highest BCUT2D eigenvalue weighted by Crippen LogP contribution is 2.28. The van der Waals surface area contributed by atoms with E-state index in [1.54, 1.807) is 24.9 Å². The van der Waals surface area contributed by atoms with Gasteiger partial charge in [0.05, 0.1) is 0 Å². The van der Waals surface area contributed by atoms with Gasteiger partial charge < -0.3 is 9.64 Å². The van der Waals surface area contributed by atoms with Gasteiger partial charge in [0.25, 0.3) is 5.91 Å². The number of carbonyl (C=O) groups is 1. The summed E-state index contributed by atoms with van der Waals surface area (Å²) in [7, 11) is 1.80. The van der Waals surface area contributed by atoms with Crippen LogP contribution in [0.3, 0.4) is 0 Å². The van der Waals surface area contributed by atoms with E-state index in [-0.39, 0.29) is 18.3 Å². The second-order valence-corrected chi connectivity index (χ2v) is 5.63. The lowest BCUT2D eigenvalue weighted by molar-refractivity contribution is 0.0779. The Hall–Kier alpha value is -2.36. The van der Waals surface area contributed by atoms with Gasteiger partial charge >= 0.3 is 0 Å². The molecule has 1 amide bonds. The first-order valence-corrected chi connectivity index (χ1v) is 7.31. The molecule has 2 aromatic carbocycles. The molecule has 0 radical (unpaired) electrons. The van der Waals surface area contributed by atoms with Gasteiger partial charge in [-0.2, -0.15) is 0 Å². The molecule has 0 aliphatic carbocycles. The van der Waals surface area contributed by atoms with Crippen LogP contribution in [0.25, 0.3) is 0 Å². The summed E-state index contributed by atoms with van der Waals surface area (Å²) < 4.78 is 19.4. The Bertz CT molecular complexity index is 727. The van der Waals surface area contributed by atoms with E-state index in [9.17, 15) is 9.18 Å². The van der Waals surface area contributed by atoms with E-state index in [2.05, 4.69) is 0 Å². The molecule has 0 unspecified atom stereocenters. The van der Waals surface area contributed by atoms with Crippen LogP contribution in [0.2, 0.25) is 0 Å². The van der Waals surface area contributed by atoms with E-state index in [1.165, 1.54) is 6.07 Å². The Balaban J connectivity index is 1.81. The number of nitrogens with zero attached hydrogens (tertiary/aromatic N) is 1. The van der Waals surface area contributed by atoms with Crippen LogP contribution in [0.1, 0.15) is 27.0 Å². The fraction of sp³-hybridized carbons (Fsp3) is 0.278. The molecule has 3 nitrogen and oxygen atoms in total. The summed E-state index contributed by atoms with van der Waals surface area (Å²) in [5.74, 6) is 0.501. The SMILES string of the molecule is Cc1ccc(COc2cccc3c2CCN(C)C3=O)cc1F. The van der Waals surface area contributed by atoms with Gasteiger partial charge in [-0.25, -0.2) is 4.39 Å². The minimum absolute atomic E-state index is 0.0214. The number of likely N-dealkylation sites (N-methyl/N-ethyl adjacent to an activating group) is 1. The summed E-state index contributed by atoms with van der Waals surface area (Å²) in [6.07, 6.45) is 0.774. The number of rotatable bonds is 3. The Kier molecular flexibility index (Phi) is 3.84. The zero-order chi connectivity index (χ0) is 15.7. The normalized spacial score (nSPS) is 14.0. The van der Waals surface area contributed by atoms with Crippen LogP contribution in [-0.2, 0) is 13.0 Å². The highest BCUT2D eigenvalue weighted by Gasteiger charge is 2.23. The quantitative estimate of drug-likeness (QED) is 0.870. The molecule has 1 heterocycles. The van der Waals surface area contributed by atoms with Crippen LogP contribution < -0.4 is 4.74 Å². The van der Waals surface area contributed by atoms with Crippen LogP contribution in [0.5, 0.6) is 5.75 Å². The van der Waals surface area contributed by atoms with Gasteiger partial charge in [0.1, 0.15) is 18.2 Å². The van der Waals surface area contributed by atoms with E-state index < -0.39 is 0 Å². The Labute approximate surface area is 129 Å². The molecule has 4 heteroatoms. The third-order valence-corrected chi connectivity index (χ3v) is 4.04. The van der Waals surface area contributed by atoms with Crippen molar-refractivity contribution in [3.8, 4) is 5.75 Å². The van der Waals surface area contributed by atoms with Crippen LogP contribution in [0.15, 0.2) is 36.4 Å². The van der Waals surface area contributed by atoms with Crippen molar-refractivity contribution in [3.05, 3.63) is 64.5 Å². The van der Waals surface area contributed by atoms with Gasteiger partial charge in [0, 0.05) is 24.7 Å². The summed E-state index contributed by atoms with van der Waals surface area (Å²) in [4.78, 5) is 13.9. The van der Waals surface area contributed by atoms with Crippen molar-refractivity contribution in [2.24, 2.45) is 0 Å². The molecule has 0 saturated heterocycles. The first-order valence-electron chi connectivity index (χ1n) is 7.31. The number of carbonyl (C=O) groups excluding carboxylic acids is 1. The van der Waals surface area contributed by atoms with Crippen molar-refractivity contribution in [1.29, 1.82) is 0 Å². The van der Waals surface area contributed by atoms with Crippen molar-refractivity contribution < 1.29 is 13.9 Å². The second-order valence-electron chi connectivity index (χ2n) is 5.63. The van der Waals surface area contributed by atoms with Crippen molar-refractivity contribution in [2.75, 3.05) is 13.6 Å². The van der Waals surface area contributed by atoms with Crippen LogP contribution in [-0.4, -0.2) is 24.4 Å². The smallest absolute Gasteiger partial charge is 0.254 e. The fourth-order valence-corrected chi connectivity index (χ4v) is 2.63. The molecule has 3 rings (SSSR count). The predicted octanol–water partition coefficient (Wildman–Crippen LogP) is 3.34. The first-order chi connectivity index (χ1) is 10.6. The largest absolute Gasteiger partial charge is 0.489 e. The lowest BCUT2D eigenvalue weighted by Crippen LogP contribution is -2.34. The third-order valence-electron chi connectivity index (χ3n) is 4.04. The number of benzene rings is 2. The molecule has 1 aliphatic rings. The van der Waals surface area contributed by atoms with Crippen LogP contribution >= 0.6 is 0 Å². The summed E-state index contributed by atoms with van der Waals surface area (Å²) in [6, 6.07) is 10.6. The monoisotopic (exact) mass is 299 g/mol. The second kappa shape index (κ2) is 5.79. The standard InChI is InChI=1S/C18H18FNO2/c1-12-6-7-13(10-16(12)19)11-22-17-5-3-4-15-14(17)8-9-20(2)18(15)21/h3-7,10H,8-9,11H2,1-2H3. The maximum atomic E-state index is 13.6. The van der Waals surface area contributed by atoms with Crippen molar-refractivity contribution in [2.45, 2.75) is 20.0 Å². The maximum Gasteiger partial charge on any atom is 0.254 e. The minimum atomic E-state index is -0.229. The Morgan fingerprint density at radius 1 is 1.27 bits per heavy atom. The van der Waals surface area contributed by atoms with Gasteiger partial charge in [0.2, 0.25) is 0 Å². The molecule has 2 aromatic rings. The fourth-order valence-electron chi connectivity index (χ4n) is 2.63. The molecule has 0 fully saturated rings. The molecular formula is C18H18FNO2. The lowest BCUT2D eigenvalue weighted by Gasteiger charge is -2.26. The molecule has 0 N–H and O–H groups in total. The van der Waals surface area contributed by atoms with E-state index in [4.69, 9.17) is 4.74 Å². The minimum Gasteiger partial charge on any atom is -0.489 e. The average molecular weight is 299 g/mol. The summed E-state index contributed by atoms with van der Waals surface area (Å²) in [6.45, 7) is 2.71. The van der Waals surface area contributed by atoms with Gasteiger partial charge in [-0.05, 0) is 42.7 Å². The first kappa shape index (κ1) is 14.6. The summed E-state index contributed by atoms with van der Waals surface area (Å²) in [5.41, 5.74) is 3.04. The number of hydrogen-bond acceptors (Lipinski definition) is 2. The van der Waals surface area contributed by atoms with Gasteiger partial charge in [-0.3, -0.25) is 4.79 Å². The van der Waals surface area contributed by atoms with Crippen LogP contribution in [0.4, 0.5) is 4.39 Å². The van der Waals surface area contributed by atoms with Gasteiger partial charge in [-0.1, -0.05) is 18.2 Å². The number of hydrogen-bond donors (Lipinski definition) is 0. The molecule has 0 aromatic heterocycles. The number of ether oxygens (including phenoxy) is 1. The Morgan fingerprint density at radius 3 is 2.86 bits per heavy atom. The molecular weight excluding hydrogens is 281 g/mol. The lowest BCUT2D eigenvalue weighted by atomic mass is 9.98. The average Bonchev–Trinajstić information content (AvgIpc) is 2.52. The number of aryl methyl sites for hydroxylation is 1. The number of halogens is 1. The topological polar surface area (TPSA) is 29.5 Å². The van der Waals surface area contributed by atoms with Crippen molar-refractivity contribution in [3.63, 3.8) is 0 Å². The van der Waals surface area contributed by atoms with Crippen molar-refractivity contribution in [1.82, 2.24) is 4.90 Å². The van der Waals surface area contributed by atoms with E-state index in [1.807, 2.05) is 24.3 Å². The third kappa shape index (κ3) is 2.69. The number of amides is 1. The molecule has 0 bridgehead atoms. The molecule has 22 heavy (non-hydrogen) atoms. The zero-order valence-electron chi connectivity index (χ0n) is 12.7.